The number of hydrogen-bond acceptors (Lipinski definition) is 4. The molecule has 0 atom stereocenters. The van der Waals surface area contributed by atoms with Crippen LogP contribution in [0.25, 0.3) is 0 Å². The summed E-state index contributed by atoms with van der Waals surface area (Å²) in [5.74, 6) is -0.151. The van der Waals surface area contributed by atoms with Gasteiger partial charge in [0, 0.05) is 25.2 Å². The quantitative estimate of drug-likeness (QED) is 0.628. The molecular formula is C16H16N2O4. The Bertz CT molecular complexity index is 686. The number of rotatable bonds is 5. The van der Waals surface area contributed by atoms with E-state index in [1.165, 1.54) is 30.2 Å². The molecule has 2 aromatic carbocycles. The summed E-state index contributed by atoms with van der Waals surface area (Å²) >= 11 is 0. The smallest absolute Gasteiger partial charge is 0.311 e. The highest BCUT2D eigenvalue weighted by molar-refractivity contribution is 5.95. The Morgan fingerprint density at radius 2 is 1.91 bits per heavy atom. The van der Waals surface area contributed by atoms with E-state index in [-0.39, 0.29) is 22.9 Å². The van der Waals surface area contributed by atoms with Crippen molar-refractivity contribution in [2.75, 3.05) is 14.2 Å². The molecule has 0 spiro atoms. The van der Waals surface area contributed by atoms with E-state index >= 15 is 0 Å². The Labute approximate surface area is 128 Å². The molecule has 6 heteroatoms. The first kappa shape index (κ1) is 15.5. The van der Waals surface area contributed by atoms with Gasteiger partial charge in [-0.2, -0.15) is 0 Å². The van der Waals surface area contributed by atoms with Crippen LogP contribution < -0.4 is 4.74 Å². The molecule has 0 unspecified atom stereocenters. The zero-order valence-corrected chi connectivity index (χ0v) is 12.4. The van der Waals surface area contributed by atoms with E-state index in [2.05, 4.69) is 0 Å². The second-order valence-electron chi connectivity index (χ2n) is 4.79. The maximum Gasteiger partial charge on any atom is 0.311 e. The lowest BCUT2D eigenvalue weighted by atomic mass is 10.1. The highest BCUT2D eigenvalue weighted by Gasteiger charge is 2.20. The predicted octanol–water partition coefficient (Wildman–Crippen LogP) is 2.88. The van der Waals surface area contributed by atoms with Crippen molar-refractivity contribution >= 4 is 11.6 Å². The van der Waals surface area contributed by atoms with Gasteiger partial charge in [0.15, 0.2) is 5.75 Å². The van der Waals surface area contributed by atoms with Gasteiger partial charge in [0.2, 0.25) is 0 Å². The topological polar surface area (TPSA) is 72.7 Å². The molecule has 0 bridgehead atoms. The van der Waals surface area contributed by atoms with E-state index in [1.54, 1.807) is 7.05 Å². The number of nitrogens with zero attached hydrogens (tertiary/aromatic N) is 2. The number of hydrogen-bond donors (Lipinski definition) is 0. The molecule has 0 aromatic heterocycles. The summed E-state index contributed by atoms with van der Waals surface area (Å²) in [7, 11) is 3.01. The molecule has 0 fully saturated rings. The van der Waals surface area contributed by atoms with Crippen LogP contribution in [0.2, 0.25) is 0 Å². The van der Waals surface area contributed by atoms with E-state index in [1.807, 2.05) is 30.3 Å². The van der Waals surface area contributed by atoms with Gasteiger partial charge in [0.05, 0.1) is 12.0 Å². The maximum atomic E-state index is 12.4. The minimum Gasteiger partial charge on any atom is -0.490 e. The zero-order valence-electron chi connectivity index (χ0n) is 12.4. The third-order valence-corrected chi connectivity index (χ3v) is 3.23. The summed E-state index contributed by atoms with van der Waals surface area (Å²) in [6.07, 6.45) is 0. The van der Waals surface area contributed by atoms with Crippen molar-refractivity contribution in [2.45, 2.75) is 6.54 Å². The largest absolute Gasteiger partial charge is 0.490 e. The van der Waals surface area contributed by atoms with Crippen LogP contribution in [-0.2, 0) is 6.54 Å². The molecule has 114 valence electrons. The van der Waals surface area contributed by atoms with Crippen molar-refractivity contribution in [1.82, 2.24) is 4.90 Å². The van der Waals surface area contributed by atoms with Crippen molar-refractivity contribution < 1.29 is 14.5 Å². The molecule has 0 saturated heterocycles. The number of amides is 1. The summed E-state index contributed by atoms with van der Waals surface area (Å²) in [6, 6.07) is 13.7. The molecule has 0 aliphatic heterocycles. The third kappa shape index (κ3) is 3.41. The van der Waals surface area contributed by atoms with Gasteiger partial charge >= 0.3 is 5.69 Å². The molecule has 2 rings (SSSR count). The van der Waals surface area contributed by atoms with Gasteiger partial charge in [-0.3, -0.25) is 14.9 Å². The van der Waals surface area contributed by atoms with Gasteiger partial charge in [-0.05, 0) is 17.7 Å². The minimum absolute atomic E-state index is 0.132. The Kier molecular flexibility index (Phi) is 4.73. The Morgan fingerprint density at radius 1 is 1.23 bits per heavy atom. The predicted molar refractivity (Wildman–Crippen MR) is 81.9 cm³/mol. The van der Waals surface area contributed by atoms with Crippen LogP contribution in [0.3, 0.4) is 0 Å². The molecule has 0 radical (unpaired) electrons. The SMILES string of the molecule is COc1ccc(C(=O)N(C)Cc2ccccc2)cc1[N+](=O)[O-]. The fourth-order valence-electron chi connectivity index (χ4n) is 2.12. The molecule has 22 heavy (non-hydrogen) atoms. The number of nitro groups is 1. The molecule has 6 nitrogen and oxygen atoms in total. The normalized spacial score (nSPS) is 10.1. The molecule has 0 heterocycles. The first-order chi connectivity index (χ1) is 10.5. The van der Waals surface area contributed by atoms with Gasteiger partial charge < -0.3 is 9.64 Å². The lowest BCUT2D eigenvalue weighted by Crippen LogP contribution is -2.26. The number of carbonyl (C=O) groups is 1. The van der Waals surface area contributed by atoms with Crippen LogP contribution in [-0.4, -0.2) is 29.9 Å². The van der Waals surface area contributed by atoms with Gasteiger partial charge in [0.25, 0.3) is 5.91 Å². The summed E-state index contributed by atoms with van der Waals surface area (Å²) in [4.78, 5) is 24.4. The van der Waals surface area contributed by atoms with Crippen molar-refractivity contribution in [1.29, 1.82) is 0 Å². The fourth-order valence-corrected chi connectivity index (χ4v) is 2.12. The number of ether oxygens (including phenoxy) is 1. The van der Waals surface area contributed by atoms with Crippen molar-refractivity contribution in [2.24, 2.45) is 0 Å². The first-order valence-corrected chi connectivity index (χ1v) is 6.64. The Hall–Kier alpha value is -2.89. The second kappa shape index (κ2) is 6.71. The minimum atomic E-state index is -0.563. The molecule has 0 aliphatic rings. The summed E-state index contributed by atoms with van der Waals surface area (Å²) in [5, 5.41) is 11.0. The van der Waals surface area contributed by atoms with E-state index in [4.69, 9.17) is 4.74 Å². The van der Waals surface area contributed by atoms with Crippen molar-refractivity contribution in [3.63, 3.8) is 0 Å². The number of benzene rings is 2. The highest BCUT2D eigenvalue weighted by Crippen LogP contribution is 2.28. The number of methoxy groups -OCH3 is 1. The van der Waals surface area contributed by atoms with E-state index < -0.39 is 4.92 Å². The molecule has 2 aromatic rings. The van der Waals surface area contributed by atoms with Gasteiger partial charge in [0.1, 0.15) is 0 Å². The fraction of sp³-hybridized carbons (Fsp3) is 0.188. The van der Waals surface area contributed by atoms with Crippen LogP contribution in [0.5, 0.6) is 5.75 Å². The summed E-state index contributed by atoms with van der Waals surface area (Å²) in [6.45, 7) is 0.430. The molecule has 0 saturated carbocycles. The highest BCUT2D eigenvalue weighted by atomic mass is 16.6. The van der Waals surface area contributed by atoms with Crippen LogP contribution >= 0.6 is 0 Å². The zero-order chi connectivity index (χ0) is 16.1. The van der Waals surface area contributed by atoms with Gasteiger partial charge in [-0.25, -0.2) is 0 Å². The lowest BCUT2D eigenvalue weighted by Gasteiger charge is -2.17. The van der Waals surface area contributed by atoms with Crippen LogP contribution in [0.1, 0.15) is 15.9 Å². The Balaban J connectivity index is 2.22. The summed E-state index contributed by atoms with van der Waals surface area (Å²) in [5.41, 5.74) is 1.02. The third-order valence-electron chi connectivity index (χ3n) is 3.23. The average molecular weight is 300 g/mol. The van der Waals surface area contributed by atoms with E-state index in [0.717, 1.165) is 5.56 Å². The molecule has 1 amide bonds. The van der Waals surface area contributed by atoms with E-state index in [9.17, 15) is 14.9 Å². The molecule has 0 N–H and O–H groups in total. The first-order valence-electron chi connectivity index (χ1n) is 6.64. The second-order valence-corrected chi connectivity index (χ2v) is 4.79. The molecule has 0 aliphatic carbocycles. The van der Waals surface area contributed by atoms with Crippen LogP contribution in [0, 0.1) is 10.1 Å². The van der Waals surface area contributed by atoms with Crippen LogP contribution in [0.4, 0.5) is 5.69 Å². The number of nitro benzene ring substituents is 1. The lowest BCUT2D eigenvalue weighted by molar-refractivity contribution is -0.385. The molecular weight excluding hydrogens is 284 g/mol. The summed E-state index contributed by atoms with van der Waals surface area (Å²) < 4.78 is 4.93. The van der Waals surface area contributed by atoms with Gasteiger partial charge in [-0.1, -0.05) is 30.3 Å². The van der Waals surface area contributed by atoms with Crippen LogP contribution in [0.15, 0.2) is 48.5 Å². The Morgan fingerprint density at radius 3 is 2.50 bits per heavy atom. The monoisotopic (exact) mass is 300 g/mol. The van der Waals surface area contributed by atoms with Gasteiger partial charge in [-0.15, -0.1) is 0 Å². The van der Waals surface area contributed by atoms with Crippen molar-refractivity contribution in [3.8, 4) is 5.75 Å². The van der Waals surface area contributed by atoms with Crippen molar-refractivity contribution in [3.05, 3.63) is 69.8 Å². The maximum absolute atomic E-state index is 12.4. The number of carbonyl (C=O) groups excluding carboxylic acids is 1. The standard InChI is InChI=1S/C16H16N2O4/c1-17(11-12-6-4-3-5-7-12)16(19)13-8-9-15(22-2)14(10-13)18(20)21/h3-10H,11H2,1-2H3. The average Bonchev–Trinajstić information content (AvgIpc) is 2.54. The van der Waals surface area contributed by atoms with E-state index in [0.29, 0.717) is 6.54 Å².